The maximum atomic E-state index is 3.48. The number of allylic oxidation sites excluding steroid dienone is 4. The monoisotopic (exact) mass is 840 g/mol. The molecule has 0 spiro atoms. The first-order chi connectivity index (χ1) is 26.8. The van der Waals surface area contributed by atoms with E-state index in [1.165, 1.54) is 90.3 Å². The number of fused-ring (bicyclic) bond motifs is 8. The molecule has 0 N–H and O–H groups in total. The fourth-order valence-electron chi connectivity index (χ4n) is 6.65. The van der Waals surface area contributed by atoms with Crippen LogP contribution in [-0.4, -0.2) is 4.21 Å². The maximum Gasteiger partial charge on any atom is -0.0240 e. The van der Waals surface area contributed by atoms with Gasteiger partial charge in [-0.2, -0.15) is 6.08 Å². The Morgan fingerprint density at radius 2 is 0.929 bits per heavy atom. The van der Waals surface area contributed by atoms with Gasteiger partial charge < -0.3 is 0 Å². The van der Waals surface area contributed by atoms with Gasteiger partial charge in [-0.3, -0.25) is 6.08 Å². The van der Waals surface area contributed by atoms with Gasteiger partial charge in [-0.25, -0.2) is 12.2 Å². The number of benzene rings is 8. The van der Waals surface area contributed by atoms with Crippen molar-refractivity contribution in [2.45, 2.75) is 12.8 Å². The average molecular weight is 843 g/mol. The molecule has 0 aliphatic heterocycles. The summed E-state index contributed by atoms with van der Waals surface area (Å²) in [4.78, 5) is 0. The quantitative estimate of drug-likeness (QED) is 0.122. The van der Waals surface area contributed by atoms with Crippen LogP contribution in [0.2, 0.25) is 0 Å². The van der Waals surface area contributed by atoms with Gasteiger partial charge >= 0.3 is 28.4 Å². The Labute approximate surface area is 360 Å². The molecular formula is C53H44Cl2Zr-4. The molecule has 0 fully saturated rings. The fourth-order valence-corrected chi connectivity index (χ4v) is 6.65. The second-order valence-corrected chi connectivity index (χ2v) is 12.6. The van der Waals surface area contributed by atoms with E-state index in [4.69, 9.17) is 0 Å². The molecule has 0 bridgehead atoms. The SMILES string of the molecule is Cl.Cl.[C-]1=CC=CC1.[CH2]=[Zr].[c-]1cccc2c1c1c(c3ccccc32)-c2ccccc2C1.c1ccc([CH-]c2ccccc2)cc1.c1ccc([CH-]c2ccccc2)cc1. The van der Waals surface area contributed by atoms with E-state index in [1.807, 2.05) is 42.5 Å². The summed E-state index contributed by atoms with van der Waals surface area (Å²) >= 11 is 1.30. The molecular weight excluding hydrogens is 799 g/mol. The fraction of sp³-hybridized carbons (Fsp3) is 0.0377. The van der Waals surface area contributed by atoms with Crippen LogP contribution in [-0.2, 0) is 30.7 Å². The van der Waals surface area contributed by atoms with Crippen LogP contribution in [0.25, 0.3) is 32.7 Å². The van der Waals surface area contributed by atoms with Crippen molar-refractivity contribution >= 4 is 50.6 Å². The minimum absolute atomic E-state index is 0. The first-order valence-corrected chi connectivity index (χ1v) is 20.0. The van der Waals surface area contributed by atoms with E-state index in [1.54, 1.807) is 0 Å². The molecule has 56 heavy (non-hydrogen) atoms. The summed E-state index contributed by atoms with van der Waals surface area (Å²) in [5.41, 5.74) is 10.6. The molecule has 2 aliphatic rings. The van der Waals surface area contributed by atoms with Gasteiger partial charge in [-0.15, -0.1) is 155 Å². The van der Waals surface area contributed by atoms with Crippen LogP contribution < -0.4 is 0 Å². The molecule has 0 unspecified atom stereocenters. The largest absolute Gasteiger partial charge is 0.147 e. The van der Waals surface area contributed by atoms with Crippen LogP contribution in [0, 0.1) is 25.0 Å². The van der Waals surface area contributed by atoms with Crippen molar-refractivity contribution in [2.75, 3.05) is 0 Å². The van der Waals surface area contributed by atoms with E-state index < -0.39 is 0 Å². The van der Waals surface area contributed by atoms with Gasteiger partial charge in [0.25, 0.3) is 0 Å². The summed E-state index contributed by atoms with van der Waals surface area (Å²) in [6.07, 6.45) is 15.4. The third-order valence-electron chi connectivity index (χ3n) is 9.05. The molecule has 0 radical (unpaired) electrons. The van der Waals surface area contributed by atoms with Gasteiger partial charge in [0, 0.05) is 0 Å². The smallest absolute Gasteiger partial charge is 0.0240 e. The summed E-state index contributed by atoms with van der Waals surface area (Å²) < 4.78 is 3.34. The van der Waals surface area contributed by atoms with Crippen molar-refractivity contribution in [3.8, 4) is 11.1 Å². The molecule has 0 heterocycles. The van der Waals surface area contributed by atoms with E-state index in [0.717, 1.165) is 12.8 Å². The molecule has 8 aromatic carbocycles. The second kappa shape index (κ2) is 23.7. The molecule has 0 saturated heterocycles. The minimum atomic E-state index is 0. The van der Waals surface area contributed by atoms with Crippen molar-refractivity contribution in [3.63, 3.8) is 0 Å². The molecule has 0 amide bonds. The molecule has 0 aromatic heterocycles. The molecule has 3 heteroatoms. The van der Waals surface area contributed by atoms with Gasteiger partial charge in [0.2, 0.25) is 0 Å². The predicted molar refractivity (Wildman–Crippen MR) is 242 cm³/mol. The first kappa shape index (κ1) is 43.6. The summed E-state index contributed by atoms with van der Waals surface area (Å²) in [6, 6.07) is 68.7. The van der Waals surface area contributed by atoms with E-state index in [0.29, 0.717) is 0 Å². The summed E-state index contributed by atoms with van der Waals surface area (Å²) in [7, 11) is 0. The zero-order valence-corrected chi connectivity index (χ0v) is 35.3. The first-order valence-electron chi connectivity index (χ1n) is 18.2. The normalized spacial score (nSPS) is 10.8. The summed E-state index contributed by atoms with van der Waals surface area (Å²) in [5.74, 6) is 0. The number of rotatable bonds is 4. The van der Waals surface area contributed by atoms with Crippen molar-refractivity contribution in [3.05, 3.63) is 265 Å². The van der Waals surface area contributed by atoms with Crippen molar-refractivity contribution in [2.24, 2.45) is 0 Å². The minimum Gasteiger partial charge on any atom is -0.147 e. The average Bonchev–Trinajstić information content (AvgIpc) is 3.97. The van der Waals surface area contributed by atoms with Crippen LogP contribution in [0.15, 0.2) is 206 Å². The number of hydrogen-bond acceptors (Lipinski definition) is 0. The van der Waals surface area contributed by atoms with Gasteiger partial charge in [-0.05, 0) is 28.5 Å². The van der Waals surface area contributed by atoms with Crippen molar-refractivity contribution < 1.29 is 24.2 Å². The van der Waals surface area contributed by atoms with E-state index in [9.17, 15) is 0 Å². The topological polar surface area (TPSA) is 0 Å². The van der Waals surface area contributed by atoms with Crippen LogP contribution in [0.4, 0.5) is 0 Å². The van der Waals surface area contributed by atoms with E-state index >= 15 is 0 Å². The molecule has 10 rings (SSSR count). The Balaban J connectivity index is 0.000000175. The Kier molecular flexibility index (Phi) is 18.4. The Hall–Kier alpha value is -5.17. The number of hydrogen-bond donors (Lipinski definition) is 0. The Bertz CT molecular complexity index is 2240. The van der Waals surface area contributed by atoms with Crippen molar-refractivity contribution in [1.29, 1.82) is 0 Å². The standard InChI is InChI=1S/C21H13.2C13H11.C5H5.CH2.2ClH.Zr/c1-2-8-15-14(7-1)13-20-18-11-4-3-9-16(18)17-10-5-6-12-19(17)21(15)20;2*1-3-7-12(8-4-1)11-13-9-5-2-6-10-13;1-2-4-5-3-1;;;;/h1-10,12H,13H2;2*1-11H;1-3H,4H2;1H2;2*1H;/q4*-1;;;;. The maximum absolute atomic E-state index is 3.48. The zero-order valence-electron chi connectivity index (χ0n) is 31.2. The summed E-state index contributed by atoms with van der Waals surface area (Å²) in [6.45, 7) is 0. The van der Waals surface area contributed by atoms with E-state index in [-0.39, 0.29) is 24.8 Å². The van der Waals surface area contributed by atoms with Gasteiger partial charge in [0.05, 0.1) is 0 Å². The summed E-state index contributed by atoms with van der Waals surface area (Å²) in [5, 5.41) is 5.30. The Morgan fingerprint density at radius 1 is 0.482 bits per heavy atom. The van der Waals surface area contributed by atoms with Crippen LogP contribution in [0.5, 0.6) is 0 Å². The molecule has 2 aliphatic carbocycles. The Morgan fingerprint density at radius 3 is 1.39 bits per heavy atom. The molecule has 0 nitrogen and oxygen atoms in total. The van der Waals surface area contributed by atoms with Crippen LogP contribution >= 0.6 is 24.8 Å². The van der Waals surface area contributed by atoms with Crippen LogP contribution in [0.1, 0.15) is 39.8 Å². The van der Waals surface area contributed by atoms with Gasteiger partial charge in [0.15, 0.2) is 0 Å². The second-order valence-electron chi connectivity index (χ2n) is 12.6. The van der Waals surface area contributed by atoms with Gasteiger partial charge in [0.1, 0.15) is 0 Å². The third-order valence-corrected chi connectivity index (χ3v) is 9.05. The van der Waals surface area contributed by atoms with E-state index in [2.05, 4.69) is 193 Å². The molecule has 0 atom stereocenters. The van der Waals surface area contributed by atoms with Gasteiger partial charge in [-0.1, -0.05) is 127 Å². The predicted octanol–water partition coefficient (Wildman–Crippen LogP) is 14.1. The molecule has 0 saturated carbocycles. The number of halogens is 2. The molecule has 278 valence electrons. The van der Waals surface area contributed by atoms with Crippen molar-refractivity contribution in [1.82, 2.24) is 0 Å². The van der Waals surface area contributed by atoms with Crippen LogP contribution in [0.3, 0.4) is 0 Å². The zero-order chi connectivity index (χ0) is 37.2. The molecule has 8 aromatic rings. The third kappa shape index (κ3) is 11.9.